The van der Waals surface area contributed by atoms with E-state index in [0.717, 1.165) is 50.3 Å². The Hall–Kier alpha value is -3.71. The van der Waals surface area contributed by atoms with Crippen LogP contribution in [0.15, 0.2) is 60.8 Å². The number of methoxy groups -OCH3 is 1. The summed E-state index contributed by atoms with van der Waals surface area (Å²) in [5, 5.41) is 1.04. The number of nitrogens with zero attached hydrogens (tertiary/aromatic N) is 2. The largest absolute Gasteiger partial charge is 0.497 e. The number of rotatable bonds is 3. The average molecular weight is 367 g/mol. The fraction of sp³-hybridized carbons (Fsp3) is 0.125. The lowest BCUT2D eigenvalue weighted by Crippen LogP contribution is -1.96. The molecule has 0 aliphatic rings. The Morgan fingerprint density at radius 3 is 2.54 bits per heavy atom. The van der Waals surface area contributed by atoms with Crippen molar-refractivity contribution in [1.29, 1.82) is 0 Å². The third-order valence-corrected chi connectivity index (χ3v) is 5.25. The maximum Gasteiger partial charge on any atom is 0.188 e. The van der Waals surface area contributed by atoms with Crippen molar-refractivity contribution < 1.29 is 4.74 Å². The minimum atomic E-state index is 0.625. The van der Waals surface area contributed by atoms with Gasteiger partial charge in [-0.15, -0.1) is 0 Å². The molecule has 4 heteroatoms. The Morgan fingerprint density at radius 2 is 1.82 bits per heavy atom. The number of nitrogens with two attached hydrogens (primary N) is 1. The van der Waals surface area contributed by atoms with Gasteiger partial charge >= 0.3 is 0 Å². The van der Waals surface area contributed by atoms with Gasteiger partial charge in [-0.05, 0) is 72.3 Å². The van der Waals surface area contributed by atoms with Crippen molar-refractivity contribution in [2.45, 2.75) is 13.8 Å². The second kappa shape index (κ2) is 6.79. The monoisotopic (exact) mass is 367 g/mol. The number of hydrogen-bond donors (Lipinski definition) is 1. The highest BCUT2D eigenvalue weighted by molar-refractivity contribution is 6.00. The van der Waals surface area contributed by atoms with Crippen molar-refractivity contribution >= 4 is 22.3 Å². The van der Waals surface area contributed by atoms with Crippen LogP contribution in [0.25, 0.3) is 32.6 Å². The second-order valence-electron chi connectivity index (χ2n) is 6.90. The first-order valence-corrected chi connectivity index (χ1v) is 9.06. The van der Waals surface area contributed by atoms with Gasteiger partial charge in [0.25, 0.3) is 0 Å². The van der Waals surface area contributed by atoms with Crippen molar-refractivity contribution in [2.75, 3.05) is 12.8 Å². The van der Waals surface area contributed by atoms with Gasteiger partial charge in [-0.1, -0.05) is 18.2 Å². The van der Waals surface area contributed by atoms with Crippen LogP contribution in [0, 0.1) is 20.4 Å². The van der Waals surface area contributed by atoms with Crippen molar-refractivity contribution in [3.63, 3.8) is 0 Å². The smallest absolute Gasteiger partial charge is 0.188 e. The standard InChI is InChI=1S/C24H21N3O/c1-15-12-18(28-4)9-11-23(15)27-14-21(19-6-5-7-22(25)16(19)2)20-13-17(26-3)8-10-24(20)27/h5-14H,25H2,1-2,4H3. The predicted molar refractivity (Wildman–Crippen MR) is 115 cm³/mol. The number of anilines is 1. The average Bonchev–Trinajstić information content (AvgIpc) is 3.08. The van der Waals surface area contributed by atoms with Crippen LogP contribution < -0.4 is 10.5 Å². The fourth-order valence-corrected chi connectivity index (χ4v) is 3.67. The molecule has 0 spiro atoms. The van der Waals surface area contributed by atoms with Gasteiger partial charge < -0.3 is 15.0 Å². The molecule has 0 saturated heterocycles. The van der Waals surface area contributed by atoms with Crippen LogP contribution in [0.2, 0.25) is 0 Å². The van der Waals surface area contributed by atoms with Gasteiger partial charge in [-0.25, -0.2) is 4.85 Å². The maximum absolute atomic E-state index is 7.40. The van der Waals surface area contributed by atoms with Crippen LogP contribution in [-0.2, 0) is 0 Å². The molecule has 0 saturated carbocycles. The molecule has 4 rings (SSSR count). The third kappa shape index (κ3) is 2.78. The van der Waals surface area contributed by atoms with Gasteiger partial charge in [-0.2, -0.15) is 0 Å². The number of nitrogen functional groups attached to an aromatic ring is 1. The summed E-state index contributed by atoms with van der Waals surface area (Å²) in [7, 11) is 1.67. The molecule has 2 N–H and O–H groups in total. The zero-order valence-corrected chi connectivity index (χ0v) is 16.2. The Labute approximate surface area is 164 Å². The summed E-state index contributed by atoms with van der Waals surface area (Å²) in [5.41, 5.74) is 14.0. The van der Waals surface area contributed by atoms with E-state index in [-0.39, 0.29) is 0 Å². The second-order valence-corrected chi connectivity index (χ2v) is 6.90. The number of aromatic nitrogens is 1. The number of ether oxygens (including phenoxy) is 1. The van der Waals surface area contributed by atoms with Gasteiger partial charge in [0.2, 0.25) is 0 Å². The van der Waals surface area contributed by atoms with Crippen LogP contribution in [0.3, 0.4) is 0 Å². The Bertz CT molecular complexity index is 1240. The molecule has 1 aromatic heterocycles. The normalized spacial score (nSPS) is 10.8. The molecular formula is C24H21N3O. The van der Waals surface area contributed by atoms with Crippen LogP contribution in [0.4, 0.5) is 11.4 Å². The minimum Gasteiger partial charge on any atom is -0.497 e. The zero-order valence-electron chi connectivity index (χ0n) is 16.2. The number of benzene rings is 3. The summed E-state index contributed by atoms with van der Waals surface area (Å²) in [4.78, 5) is 3.62. The third-order valence-electron chi connectivity index (χ3n) is 5.25. The highest BCUT2D eigenvalue weighted by Gasteiger charge is 2.16. The number of hydrogen-bond acceptors (Lipinski definition) is 2. The minimum absolute atomic E-state index is 0.625. The summed E-state index contributed by atoms with van der Waals surface area (Å²) in [6.07, 6.45) is 2.13. The first-order chi connectivity index (χ1) is 13.5. The molecule has 0 radical (unpaired) electrons. The van der Waals surface area contributed by atoms with E-state index >= 15 is 0 Å². The van der Waals surface area contributed by atoms with Crippen LogP contribution in [-0.4, -0.2) is 11.7 Å². The first kappa shape index (κ1) is 17.7. The Morgan fingerprint density at radius 1 is 1.00 bits per heavy atom. The molecule has 0 fully saturated rings. The highest BCUT2D eigenvalue weighted by Crippen LogP contribution is 2.38. The topological polar surface area (TPSA) is 44.5 Å². The van der Waals surface area contributed by atoms with E-state index < -0.39 is 0 Å². The summed E-state index contributed by atoms with van der Waals surface area (Å²) in [5.74, 6) is 0.833. The molecule has 0 aliphatic carbocycles. The number of aryl methyl sites for hydroxylation is 1. The van der Waals surface area contributed by atoms with Crippen LogP contribution in [0.5, 0.6) is 5.75 Å². The SMILES string of the molecule is [C-]#[N+]c1ccc2c(c1)c(-c1cccc(N)c1C)cn2-c1ccc(OC)cc1C. The molecule has 28 heavy (non-hydrogen) atoms. The van der Waals surface area contributed by atoms with Crippen molar-refractivity contribution in [1.82, 2.24) is 4.57 Å². The van der Waals surface area contributed by atoms with E-state index in [2.05, 4.69) is 34.7 Å². The van der Waals surface area contributed by atoms with Gasteiger partial charge in [0.1, 0.15) is 5.75 Å². The summed E-state index contributed by atoms with van der Waals surface area (Å²) >= 11 is 0. The number of fused-ring (bicyclic) bond motifs is 1. The summed E-state index contributed by atoms with van der Waals surface area (Å²) in [6.45, 7) is 11.5. The first-order valence-electron chi connectivity index (χ1n) is 9.06. The van der Waals surface area contributed by atoms with Crippen LogP contribution >= 0.6 is 0 Å². The highest BCUT2D eigenvalue weighted by atomic mass is 16.5. The summed E-state index contributed by atoms with van der Waals surface area (Å²) in [6, 6.07) is 17.8. The molecular weight excluding hydrogens is 346 g/mol. The molecule has 0 unspecified atom stereocenters. The Kier molecular flexibility index (Phi) is 4.29. The molecule has 4 aromatic rings. The van der Waals surface area contributed by atoms with E-state index in [1.54, 1.807) is 7.11 Å². The van der Waals surface area contributed by atoms with Crippen LogP contribution in [0.1, 0.15) is 11.1 Å². The Balaban J connectivity index is 2.04. The van der Waals surface area contributed by atoms with E-state index in [1.807, 2.05) is 49.4 Å². The molecule has 1 heterocycles. The fourth-order valence-electron chi connectivity index (χ4n) is 3.67. The van der Waals surface area contributed by atoms with Crippen molar-refractivity contribution in [3.05, 3.63) is 83.3 Å². The molecule has 3 aromatic carbocycles. The van der Waals surface area contributed by atoms with Gasteiger partial charge in [0.05, 0.1) is 19.2 Å². The molecule has 0 atom stereocenters. The van der Waals surface area contributed by atoms with Gasteiger partial charge in [-0.3, -0.25) is 0 Å². The van der Waals surface area contributed by atoms with E-state index in [9.17, 15) is 0 Å². The van der Waals surface area contributed by atoms with Crippen molar-refractivity contribution in [2.24, 2.45) is 0 Å². The molecule has 0 aliphatic heterocycles. The molecule has 0 bridgehead atoms. The molecule has 4 nitrogen and oxygen atoms in total. The van der Waals surface area contributed by atoms with E-state index in [1.165, 1.54) is 0 Å². The van der Waals surface area contributed by atoms with Crippen molar-refractivity contribution in [3.8, 4) is 22.6 Å². The lowest BCUT2D eigenvalue weighted by atomic mass is 9.99. The summed E-state index contributed by atoms with van der Waals surface area (Å²) < 4.78 is 7.53. The van der Waals surface area contributed by atoms with E-state index in [4.69, 9.17) is 17.0 Å². The van der Waals surface area contributed by atoms with E-state index in [0.29, 0.717) is 5.69 Å². The lowest BCUT2D eigenvalue weighted by molar-refractivity contribution is 0.414. The lowest BCUT2D eigenvalue weighted by Gasteiger charge is -2.11. The zero-order chi connectivity index (χ0) is 19.8. The quantitative estimate of drug-likeness (QED) is 0.353. The molecule has 0 amide bonds. The van der Waals surface area contributed by atoms with Gasteiger partial charge in [0, 0.05) is 23.1 Å². The maximum atomic E-state index is 7.40. The molecule has 138 valence electrons. The van der Waals surface area contributed by atoms with Gasteiger partial charge in [0.15, 0.2) is 5.69 Å². The predicted octanol–water partition coefficient (Wildman–Crippen LogP) is 6.06.